The van der Waals surface area contributed by atoms with Crippen molar-refractivity contribution in [3.8, 4) is 0 Å². The second-order valence-corrected chi connectivity index (χ2v) is 5.58. The number of carbonyl (C=O) groups is 1. The van der Waals surface area contributed by atoms with Crippen molar-refractivity contribution in [2.24, 2.45) is 5.73 Å². The van der Waals surface area contributed by atoms with Crippen LogP contribution in [0.5, 0.6) is 0 Å². The van der Waals surface area contributed by atoms with E-state index in [2.05, 4.69) is 4.98 Å². The van der Waals surface area contributed by atoms with Crippen LogP contribution in [0.15, 0.2) is 11.6 Å². The number of anilines is 1. The quantitative estimate of drug-likeness (QED) is 0.868. The highest BCUT2D eigenvalue weighted by molar-refractivity contribution is 7.15. The van der Waals surface area contributed by atoms with Crippen LogP contribution < -0.4 is 10.6 Å². The Morgan fingerprint density at radius 3 is 3.16 bits per heavy atom. The number of nitrogens with zero attached hydrogens (tertiary/aromatic N) is 3. The lowest BCUT2D eigenvalue weighted by Gasteiger charge is -2.34. The molecule has 0 aliphatic carbocycles. The van der Waals surface area contributed by atoms with Gasteiger partial charge in [0.05, 0.1) is 12.3 Å². The highest BCUT2D eigenvalue weighted by Gasteiger charge is 2.30. The van der Waals surface area contributed by atoms with Crippen molar-refractivity contribution in [1.29, 1.82) is 0 Å². The summed E-state index contributed by atoms with van der Waals surface area (Å²) in [5.74, 6) is 0.373. The molecule has 3 heterocycles. The molecule has 2 aromatic rings. The summed E-state index contributed by atoms with van der Waals surface area (Å²) in [6.07, 6.45) is 4.65. The number of piperidine rings is 1. The van der Waals surface area contributed by atoms with E-state index in [1.54, 1.807) is 0 Å². The first-order chi connectivity index (χ1) is 9.22. The third-order valence-corrected chi connectivity index (χ3v) is 4.35. The van der Waals surface area contributed by atoms with E-state index in [0.717, 1.165) is 36.5 Å². The van der Waals surface area contributed by atoms with Crippen LogP contribution in [0.2, 0.25) is 0 Å². The predicted molar refractivity (Wildman–Crippen MR) is 73.2 cm³/mol. The normalized spacial score (nSPS) is 20.1. The fourth-order valence-electron chi connectivity index (χ4n) is 2.68. The molecule has 1 aliphatic rings. The van der Waals surface area contributed by atoms with Crippen molar-refractivity contribution in [3.63, 3.8) is 0 Å². The summed E-state index contributed by atoms with van der Waals surface area (Å²) in [4.78, 5) is 18.9. The highest BCUT2D eigenvalue weighted by Crippen LogP contribution is 2.29. The van der Waals surface area contributed by atoms with Crippen molar-refractivity contribution in [2.45, 2.75) is 31.9 Å². The molecule has 2 aromatic heterocycles. The van der Waals surface area contributed by atoms with E-state index < -0.39 is 0 Å². The Morgan fingerprint density at radius 1 is 1.58 bits per heavy atom. The first-order valence-electron chi connectivity index (χ1n) is 6.33. The number of aliphatic hydroxyl groups excluding tert-OH is 1. The van der Waals surface area contributed by atoms with E-state index in [0.29, 0.717) is 5.82 Å². The van der Waals surface area contributed by atoms with Gasteiger partial charge in [-0.25, -0.2) is 4.98 Å². The van der Waals surface area contributed by atoms with E-state index in [1.165, 1.54) is 11.3 Å². The largest absolute Gasteiger partial charge is 0.390 e. The number of hydrogen-bond donors (Lipinski definition) is 2. The lowest BCUT2D eigenvalue weighted by Crippen LogP contribution is -2.48. The maximum atomic E-state index is 11.6. The molecule has 102 valence electrons. The van der Waals surface area contributed by atoms with Crippen LogP contribution in [0.4, 0.5) is 5.82 Å². The summed E-state index contributed by atoms with van der Waals surface area (Å²) in [6, 6.07) is -0.316. The summed E-state index contributed by atoms with van der Waals surface area (Å²) >= 11 is 1.51. The minimum absolute atomic E-state index is 0.102. The lowest BCUT2D eigenvalue weighted by atomic mass is 10.0. The van der Waals surface area contributed by atoms with Gasteiger partial charge >= 0.3 is 0 Å². The third kappa shape index (κ3) is 1.98. The van der Waals surface area contributed by atoms with E-state index in [1.807, 2.05) is 20.9 Å². The van der Waals surface area contributed by atoms with Crippen molar-refractivity contribution in [2.75, 3.05) is 11.4 Å². The Labute approximate surface area is 114 Å². The first kappa shape index (κ1) is 12.4. The smallest absolute Gasteiger partial charge is 0.240 e. The van der Waals surface area contributed by atoms with Crippen LogP contribution in [0.1, 0.15) is 25.0 Å². The zero-order chi connectivity index (χ0) is 13.4. The molecule has 1 saturated heterocycles. The molecule has 0 saturated carbocycles. The van der Waals surface area contributed by atoms with Crippen molar-refractivity contribution in [1.82, 2.24) is 9.38 Å². The number of thiazole rings is 1. The van der Waals surface area contributed by atoms with Gasteiger partial charge in [0.15, 0.2) is 10.8 Å². The number of carbonyl (C=O) groups excluding carboxylic acids is 1. The number of nitrogens with two attached hydrogens (primary N) is 1. The fraction of sp³-hybridized carbons (Fsp3) is 0.500. The average molecular weight is 280 g/mol. The van der Waals surface area contributed by atoms with Gasteiger partial charge in [0.25, 0.3) is 0 Å². The van der Waals surface area contributed by atoms with Crippen LogP contribution in [-0.2, 0) is 11.4 Å². The standard InChI is InChI=1S/C12H16N4O2S/c13-10(18)8-3-1-2-4-15(8)11-9(7-17)16-5-6-19-12(16)14-11/h5-6,8,17H,1-4,7H2,(H2,13,18). The molecule has 0 radical (unpaired) electrons. The average Bonchev–Trinajstić information content (AvgIpc) is 2.98. The van der Waals surface area contributed by atoms with Crippen LogP contribution in [0, 0.1) is 0 Å². The molecule has 0 bridgehead atoms. The Bertz CT molecular complexity index is 606. The third-order valence-electron chi connectivity index (χ3n) is 3.59. The molecule has 1 fully saturated rings. The van der Waals surface area contributed by atoms with Gasteiger partial charge in [0.1, 0.15) is 6.04 Å². The van der Waals surface area contributed by atoms with Crippen molar-refractivity contribution >= 4 is 28.0 Å². The molecule has 1 unspecified atom stereocenters. The Morgan fingerprint density at radius 2 is 2.42 bits per heavy atom. The summed E-state index contributed by atoms with van der Waals surface area (Å²) in [5, 5.41) is 11.5. The topological polar surface area (TPSA) is 83.9 Å². The first-order valence-corrected chi connectivity index (χ1v) is 7.21. The number of hydrogen-bond acceptors (Lipinski definition) is 5. The second-order valence-electron chi connectivity index (χ2n) is 4.70. The highest BCUT2D eigenvalue weighted by atomic mass is 32.1. The zero-order valence-electron chi connectivity index (χ0n) is 10.5. The molecule has 6 nitrogen and oxygen atoms in total. The molecular formula is C12H16N4O2S. The molecule has 1 amide bonds. The number of fused-ring (bicyclic) bond motifs is 1. The minimum Gasteiger partial charge on any atom is -0.390 e. The number of amides is 1. The van der Waals surface area contributed by atoms with Gasteiger partial charge in [-0.3, -0.25) is 9.20 Å². The van der Waals surface area contributed by atoms with Crippen LogP contribution in [-0.4, -0.2) is 33.0 Å². The monoisotopic (exact) mass is 280 g/mol. The van der Waals surface area contributed by atoms with Crippen molar-refractivity contribution in [3.05, 3.63) is 17.3 Å². The number of aliphatic hydroxyl groups is 1. The molecule has 19 heavy (non-hydrogen) atoms. The van der Waals surface area contributed by atoms with Crippen LogP contribution >= 0.6 is 11.3 Å². The maximum Gasteiger partial charge on any atom is 0.240 e. The van der Waals surface area contributed by atoms with Gasteiger partial charge in [-0.05, 0) is 19.3 Å². The van der Waals surface area contributed by atoms with E-state index in [4.69, 9.17) is 5.73 Å². The summed E-state index contributed by atoms with van der Waals surface area (Å²) in [6.45, 7) is 0.653. The zero-order valence-corrected chi connectivity index (χ0v) is 11.3. The molecule has 7 heteroatoms. The molecule has 1 aliphatic heterocycles. The Hall–Kier alpha value is -1.60. The number of imidazole rings is 1. The molecule has 0 aromatic carbocycles. The van der Waals surface area contributed by atoms with Gasteiger partial charge in [0.2, 0.25) is 5.91 Å². The van der Waals surface area contributed by atoms with Gasteiger partial charge in [-0.2, -0.15) is 0 Å². The maximum absolute atomic E-state index is 11.6. The lowest BCUT2D eigenvalue weighted by molar-refractivity contribution is -0.119. The number of primary amides is 1. The molecule has 3 rings (SSSR count). The Balaban J connectivity index is 2.06. The van der Waals surface area contributed by atoms with E-state index in [9.17, 15) is 9.90 Å². The SMILES string of the molecule is NC(=O)C1CCCCN1c1nc2sccn2c1CO. The van der Waals surface area contributed by atoms with Gasteiger partial charge in [-0.1, -0.05) is 0 Å². The fourth-order valence-corrected chi connectivity index (χ4v) is 3.41. The summed E-state index contributed by atoms with van der Waals surface area (Å²) in [5.41, 5.74) is 6.21. The predicted octanol–water partition coefficient (Wildman–Crippen LogP) is 0.732. The van der Waals surface area contributed by atoms with Crippen LogP contribution in [0.3, 0.4) is 0 Å². The molecular weight excluding hydrogens is 264 g/mol. The van der Waals surface area contributed by atoms with Gasteiger partial charge in [0, 0.05) is 18.1 Å². The van der Waals surface area contributed by atoms with Gasteiger partial charge in [-0.15, -0.1) is 11.3 Å². The Kier molecular flexibility index (Phi) is 3.16. The molecule has 0 spiro atoms. The second kappa shape index (κ2) is 4.82. The number of aromatic nitrogens is 2. The van der Waals surface area contributed by atoms with E-state index >= 15 is 0 Å². The summed E-state index contributed by atoms with van der Waals surface area (Å²) < 4.78 is 1.87. The summed E-state index contributed by atoms with van der Waals surface area (Å²) in [7, 11) is 0. The number of rotatable bonds is 3. The van der Waals surface area contributed by atoms with E-state index in [-0.39, 0.29) is 18.6 Å². The van der Waals surface area contributed by atoms with Crippen LogP contribution in [0.25, 0.3) is 4.96 Å². The molecule has 1 atom stereocenters. The molecule has 3 N–H and O–H groups in total. The minimum atomic E-state index is -0.319. The van der Waals surface area contributed by atoms with Gasteiger partial charge < -0.3 is 15.7 Å². The van der Waals surface area contributed by atoms with Crippen molar-refractivity contribution < 1.29 is 9.90 Å².